The molecule has 6 nitrogen and oxygen atoms in total. The number of hydrogen-bond acceptors (Lipinski definition) is 5. The summed E-state index contributed by atoms with van der Waals surface area (Å²) in [5.74, 6) is -0.0715. The summed E-state index contributed by atoms with van der Waals surface area (Å²) < 4.78 is 32.5. The summed E-state index contributed by atoms with van der Waals surface area (Å²) in [6.45, 7) is 0. The Balaban J connectivity index is 1.69. The van der Waals surface area contributed by atoms with E-state index < -0.39 is 15.9 Å². The Morgan fingerprint density at radius 3 is 2.46 bits per heavy atom. The Morgan fingerprint density at radius 1 is 1.12 bits per heavy atom. The van der Waals surface area contributed by atoms with Crippen LogP contribution in [0.15, 0.2) is 53.4 Å². The molecule has 1 N–H and O–H groups in total. The third-order valence-electron chi connectivity index (χ3n) is 4.22. The van der Waals surface area contributed by atoms with Crippen molar-refractivity contribution in [2.45, 2.75) is 36.7 Å². The van der Waals surface area contributed by atoms with E-state index in [1.807, 2.05) is 10.8 Å². The van der Waals surface area contributed by atoms with Gasteiger partial charge >= 0.3 is 0 Å². The van der Waals surface area contributed by atoms with Crippen LogP contribution in [0.5, 0.6) is 5.75 Å². The van der Waals surface area contributed by atoms with Gasteiger partial charge in [-0.3, -0.25) is 4.79 Å². The van der Waals surface area contributed by atoms with Gasteiger partial charge in [0.05, 0.1) is 22.6 Å². The zero-order valence-corrected chi connectivity index (χ0v) is 14.8. The smallest absolute Gasteiger partial charge is 0.265 e. The maximum atomic E-state index is 12.3. The predicted molar refractivity (Wildman–Crippen MR) is 95.1 cm³/mol. The highest BCUT2D eigenvalue weighted by molar-refractivity contribution is 7.90. The van der Waals surface area contributed by atoms with Gasteiger partial charge in [0, 0.05) is 5.56 Å². The van der Waals surface area contributed by atoms with E-state index in [-0.39, 0.29) is 22.1 Å². The normalized spacial score (nSPS) is 14.6. The number of amides is 1. The number of carbonyl (C=O) groups is 1. The van der Waals surface area contributed by atoms with Gasteiger partial charge in [-0.25, -0.2) is 13.1 Å². The average Bonchev–Trinajstić information content (AvgIpc) is 3.15. The highest BCUT2D eigenvalue weighted by atomic mass is 32.2. The lowest BCUT2D eigenvalue weighted by Crippen LogP contribution is -2.30. The van der Waals surface area contributed by atoms with E-state index in [4.69, 9.17) is 10.00 Å². The molecule has 0 aromatic heterocycles. The van der Waals surface area contributed by atoms with Gasteiger partial charge in [0.1, 0.15) is 5.75 Å². The van der Waals surface area contributed by atoms with Gasteiger partial charge in [-0.05, 0) is 68.1 Å². The number of hydrogen-bond donors (Lipinski definition) is 1. The number of sulfonamides is 1. The molecule has 1 saturated carbocycles. The highest BCUT2D eigenvalue weighted by Crippen LogP contribution is 2.24. The second-order valence-electron chi connectivity index (χ2n) is 6.12. The van der Waals surface area contributed by atoms with E-state index in [1.165, 1.54) is 36.4 Å². The predicted octanol–water partition coefficient (Wildman–Crippen LogP) is 3.00. The fraction of sp³-hybridized carbons (Fsp3) is 0.263. The number of benzene rings is 2. The number of nitrogens with zero attached hydrogens (tertiary/aromatic N) is 1. The van der Waals surface area contributed by atoms with E-state index in [0.29, 0.717) is 5.75 Å². The van der Waals surface area contributed by atoms with Crippen LogP contribution in [0.4, 0.5) is 0 Å². The van der Waals surface area contributed by atoms with Crippen molar-refractivity contribution in [2.24, 2.45) is 0 Å². The van der Waals surface area contributed by atoms with Crippen LogP contribution in [0.3, 0.4) is 0 Å². The van der Waals surface area contributed by atoms with Crippen LogP contribution in [0.1, 0.15) is 41.6 Å². The van der Waals surface area contributed by atoms with E-state index in [0.717, 1.165) is 25.7 Å². The number of nitrogens with one attached hydrogen (secondary N) is 1. The first-order chi connectivity index (χ1) is 12.5. The van der Waals surface area contributed by atoms with E-state index >= 15 is 0 Å². The van der Waals surface area contributed by atoms with Crippen molar-refractivity contribution in [2.75, 3.05) is 0 Å². The lowest BCUT2D eigenvalue weighted by Gasteiger charge is -2.13. The molecule has 2 aromatic carbocycles. The van der Waals surface area contributed by atoms with E-state index in [2.05, 4.69) is 0 Å². The summed E-state index contributed by atoms with van der Waals surface area (Å²) in [4.78, 5) is 12.1. The van der Waals surface area contributed by atoms with E-state index in [1.54, 1.807) is 12.1 Å². The topological polar surface area (TPSA) is 96.3 Å². The van der Waals surface area contributed by atoms with Gasteiger partial charge in [0.15, 0.2) is 0 Å². The fourth-order valence-electron chi connectivity index (χ4n) is 2.86. The molecule has 7 heteroatoms. The molecule has 3 rings (SSSR count). The van der Waals surface area contributed by atoms with Crippen molar-refractivity contribution in [3.8, 4) is 11.8 Å². The summed E-state index contributed by atoms with van der Waals surface area (Å²) in [6.07, 6.45) is 4.60. The summed E-state index contributed by atoms with van der Waals surface area (Å²) in [6, 6.07) is 13.7. The first-order valence-electron chi connectivity index (χ1n) is 8.32. The molecule has 1 amide bonds. The van der Waals surface area contributed by atoms with Crippen molar-refractivity contribution in [1.29, 1.82) is 5.26 Å². The summed E-state index contributed by atoms with van der Waals surface area (Å²) in [7, 11) is -4.05. The van der Waals surface area contributed by atoms with Crippen molar-refractivity contribution in [3.05, 3.63) is 59.7 Å². The molecule has 1 aliphatic carbocycles. The minimum atomic E-state index is -4.05. The first kappa shape index (κ1) is 18.0. The first-order valence-corrected chi connectivity index (χ1v) is 9.80. The molecule has 0 atom stereocenters. The molecule has 26 heavy (non-hydrogen) atoms. The molecule has 0 saturated heterocycles. The van der Waals surface area contributed by atoms with Crippen molar-refractivity contribution < 1.29 is 17.9 Å². The molecule has 2 aromatic rings. The lowest BCUT2D eigenvalue weighted by molar-refractivity contribution is 0.0981. The molecule has 134 valence electrons. The highest BCUT2D eigenvalue weighted by Gasteiger charge is 2.20. The zero-order chi connectivity index (χ0) is 18.6. The molecular weight excluding hydrogens is 352 g/mol. The van der Waals surface area contributed by atoms with Crippen molar-refractivity contribution >= 4 is 15.9 Å². The van der Waals surface area contributed by atoms with Gasteiger partial charge in [-0.2, -0.15) is 5.26 Å². The van der Waals surface area contributed by atoms with Gasteiger partial charge in [-0.1, -0.05) is 6.07 Å². The lowest BCUT2D eigenvalue weighted by atomic mass is 10.2. The fourth-order valence-corrected chi connectivity index (χ4v) is 3.88. The van der Waals surface area contributed by atoms with Crippen LogP contribution in [0.2, 0.25) is 0 Å². The van der Waals surface area contributed by atoms with Gasteiger partial charge in [0.25, 0.3) is 15.9 Å². The molecule has 0 radical (unpaired) electrons. The summed E-state index contributed by atoms with van der Waals surface area (Å²) in [5, 5.41) is 8.87. The quantitative estimate of drug-likeness (QED) is 0.873. The Morgan fingerprint density at radius 2 is 1.81 bits per heavy atom. The number of carbonyl (C=O) groups excluding carboxylic acids is 1. The molecule has 0 unspecified atom stereocenters. The number of ether oxygens (including phenoxy) is 1. The summed E-state index contributed by atoms with van der Waals surface area (Å²) in [5.41, 5.74) is 0.414. The third-order valence-corrected chi connectivity index (χ3v) is 5.55. The second kappa shape index (κ2) is 7.58. The SMILES string of the molecule is N#Cc1cccc(S(=O)(=O)NC(=O)c2ccc(OC3CCCC3)cc2)c1. The van der Waals surface area contributed by atoms with Gasteiger partial charge < -0.3 is 4.74 Å². The Kier molecular flexibility index (Phi) is 5.24. The number of rotatable bonds is 5. The molecule has 1 fully saturated rings. The molecule has 1 aliphatic rings. The van der Waals surface area contributed by atoms with Crippen LogP contribution < -0.4 is 9.46 Å². The van der Waals surface area contributed by atoms with Crippen LogP contribution >= 0.6 is 0 Å². The molecular formula is C19H18N2O4S. The van der Waals surface area contributed by atoms with Crippen LogP contribution in [-0.2, 0) is 10.0 Å². The van der Waals surface area contributed by atoms with E-state index in [9.17, 15) is 13.2 Å². The third kappa shape index (κ3) is 4.21. The Labute approximate surface area is 152 Å². The minimum absolute atomic E-state index is 0.133. The largest absolute Gasteiger partial charge is 0.490 e. The number of nitriles is 1. The minimum Gasteiger partial charge on any atom is -0.490 e. The molecule has 0 heterocycles. The maximum absolute atomic E-state index is 12.3. The Hall–Kier alpha value is -2.85. The van der Waals surface area contributed by atoms with Crippen molar-refractivity contribution in [1.82, 2.24) is 4.72 Å². The zero-order valence-electron chi connectivity index (χ0n) is 14.0. The van der Waals surface area contributed by atoms with Crippen LogP contribution in [-0.4, -0.2) is 20.4 Å². The monoisotopic (exact) mass is 370 g/mol. The second-order valence-corrected chi connectivity index (χ2v) is 7.81. The average molecular weight is 370 g/mol. The Bertz CT molecular complexity index is 940. The molecule has 0 bridgehead atoms. The van der Waals surface area contributed by atoms with Crippen molar-refractivity contribution in [3.63, 3.8) is 0 Å². The maximum Gasteiger partial charge on any atom is 0.265 e. The van der Waals surface area contributed by atoms with Crippen LogP contribution in [0.25, 0.3) is 0 Å². The van der Waals surface area contributed by atoms with Gasteiger partial charge in [0.2, 0.25) is 0 Å². The molecule has 0 spiro atoms. The standard InChI is InChI=1S/C19H18N2O4S/c20-13-14-4-3-7-18(12-14)26(23,24)21-19(22)15-8-10-17(11-9-15)25-16-5-1-2-6-16/h3-4,7-12,16H,1-2,5-6H2,(H,21,22). The van der Waals surface area contributed by atoms with Gasteiger partial charge in [-0.15, -0.1) is 0 Å². The molecule has 0 aliphatic heterocycles. The van der Waals surface area contributed by atoms with Crippen LogP contribution in [0, 0.1) is 11.3 Å². The summed E-state index contributed by atoms with van der Waals surface area (Å²) >= 11 is 0.